The van der Waals surface area contributed by atoms with Gasteiger partial charge in [0.05, 0.1) is 6.10 Å². The molecule has 1 aliphatic rings. The molecule has 0 unspecified atom stereocenters. The Bertz CT molecular complexity index is 908. The lowest BCUT2D eigenvalue weighted by molar-refractivity contribution is -0.159. The highest BCUT2D eigenvalue weighted by atomic mass is 16.7. The number of ether oxygens (including phenoxy) is 4. The van der Waals surface area contributed by atoms with E-state index in [0.29, 0.717) is 37.7 Å². The average Bonchev–Trinajstić information content (AvgIpc) is 2.91. The van der Waals surface area contributed by atoms with Gasteiger partial charge in [-0.1, -0.05) is 44.7 Å². The van der Waals surface area contributed by atoms with E-state index in [-0.39, 0.29) is 36.2 Å². The first kappa shape index (κ1) is 35.1. The molecular formula is C31H47NO8. The minimum atomic E-state index is -0.714. The molecule has 1 rings (SSSR count). The van der Waals surface area contributed by atoms with Crippen LogP contribution in [0.25, 0.3) is 0 Å². The number of Topliss-reactive ketones (excluding diaryl/α,β-unsaturated/α-hetero) is 1. The number of carbonyl (C=O) groups is 4. The molecule has 0 aromatic heterocycles. The molecular weight excluding hydrogens is 514 g/mol. The van der Waals surface area contributed by atoms with Crippen molar-refractivity contribution >= 4 is 23.6 Å². The van der Waals surface area contributed by atoms with E-state index in [0.717, 1.165) is 18.9 Å². The van der Waals surface area contributed by atoms with Crippen LogP contribution in [-0.2, 0) is 38.1 Å². The summed E-state index contributed by atoms with van der Waals surface area (Å²) >= 11 is 0. The summed E-state index contributed by atoms with van der Waals surface area (Å²) in [6.07, 6.45) is 10.8. The highest BCUT2D eigenvalue weighted by Gasteiger charge is 2.35. The maximum atomic E-state index is 12.9. The Labute approximate surface area is 239 Å². The van der Waals surface area contributed by atoms with Gasteiger partial charge in [0.15, 0.2) is 0 Å². The molecule has 9 heteroatoms. The molecule has 0 saturated carbocycles. The molecule has 0 spiro atoms. The molecule has 1 heterocycles. The number of carbonyl (C=O) groups excluding carboxylic acids is 4. The van der Waals surface area contributed by atoms with Gasteiger partial charge in [-0.05, 0) is 44.1 Å². The predicted octanol–water partition coefficient (Wildman–Crippen LogP) is 4.62. The van der Waals surface area contributed by atoms with E-state index in [2.05, 4.69) is 18.5 Å². The summed E-state index contributed by atoms with van der Waals surface area (Å²) in [7, 11) is 3.11. The first-order valence-corrected chi connectivity index (χ1v) is 13.8. The minimum Gasteiger partial charge on any atom is -0.454 e. The fourth-order valence-electron chi connectivity index (χ4n) is 4.85. The Morgan fingerprint density at radius 1 is 1.10 bits per heavy atom. The second-order valence-corrected chi connectivity index (χ2v) is 10.3. The number of hydrogen-bond donors (Lipinski definition) is 1. The van der Waals surface area contributed by atoms with Crippen molar-refractivity contribution in [1.82, 2.24) is 5.32 Å². The van der Waals surface area contributed by atoms with Gasteiger partial charge in [0.2, 0.25) is 11.8 Å². The lowest BCUT2D eigenvalue weighted by Crippen LogP contribution is -2.43. The van der Waals surface area contributed by atoms with Crippen LogP contribution in [0.1, 0.15) is 65.7 Å². The molecule has 224 valence electrons. The highest BCUT2D eigenvalue weighted by molar-refractivity contribution is 5.97. The lowest BCUT2D eigenvalue weighted by atomic mass is 9.87. The van der Waals surface area contributed by atoms with Crippen molar-refractivity contribution in [3.63, 3.8) is 0 Å². The van der Waals surface area contributed by atoms with Crippen LogP contribution in [0.2, 0.25) is 0 Å². The van der Waals surface area contributed by atoms with Gasteiger partial charge in [0.1, 0.15) is 24.8 Å². The number of piperidine rings is 1. The first-order valence-electron chi connectivity index (χ1n) is 13.8. The molecule has 0 radical (unpaired) electrons. The summed E-state index contributed by atoms with van der Waals surface area (Å²) in [5.41, 5.74) is 0.703. The van der Waals surface area contributed by atoms with Crippen LogP contribution in [-0.4, -0.2) is 62.9 Å². The summed E-state index contributed by atoms with van der Waals surface area (Å²) in [6.45, 7) is 12.8. The summed E-state index contributed by atoms with van der Waals surface area (Å²) in [5, 5.41) is 2.30. The second-order valence-electron chi connectivity index (χ2n) is 10.3. The largest absolute Gasteiger partial charge is 0.454 e. The smallest absolute Gasteiger partial charge is 0.330 e. The highest BCUT2D eigenvalue weighted by Crippen LogP contribution is 2.28. The average molecular weight is 562 g/mol. The molecule has 0 bridgehead atoms. The van der Waals surface area contributed by atoms with Gasteiger partial charge in [-0.2, -0.15) is 0 Å². The zero-order valence-electron chi connectivity index (χ0n) is 24.7. The van der Waals surface area contributed by atoms with E-state index in [1.807, 2.05) is 38.2 Å². The minimum absolute atomic E-state index is 0.0173. The Balaban J connectivity index is 3.03. The number of ketones is 1. The number of methoxy groups -OCH3 is 2. The summed E-state index contributed by atoms with van der Waals surface area (Å²) in [5.74, 6) is -1.91. The Kier molecular flexibility index (Phi) is 16.9. The molecule has 40 heavy (non-hydrogen) atoms. The summed E-state index contributed by atoms with van der Waals surface area (Å²) in [6, 6.07) is 0. The van der Waals surface area contributed by atoms with E-state index in [4.69, 9.17) is 18.9 Å². The molecule has 2 amide bonds. The molecule has 1 fully saturated rings. The number of amides is 2. The van der Waals surface area contributed by atoms with Gasteiger partial charge >= 0.3 is 5.97 Å². The summed E-state index contributed by atoms with van der Waals surface area (Å²) < 4.78 is 22.6. The van der Waals surface area contributed by atoms with Gasteiger partial charge in [0, 0.05) is 51.4 Å². The normalized spacial score (nSPS) is 18.5. The fraction of sp³-hybridized carbons (Fsp3) is 0.613. The fourth-order valence-corrected chi connectivity index (χ4v) is 4.85. The topological polar surface area (TPSA) is 117 Å². The Morgan fingerprint density at radius 2 is 1.77 bits per heavy atom. The third-order valence-corrected chi connectivity index (χ3v) is 6.98. The number of hydrogen-bond acceptors (Lipinski definition) is 8. The molecule has 9 nitrogen and oxygen atoms in total. The van der Waals surface area contributed by atoms with Crippen LogP contribution in [0.15, 0.2) is 49.1 Å². The maximum Gasteiger partial charge on any atom is 0.330 e. The quantitative estimate of drug-likeness (QED) is 0.0571. The number of rotatable bonds is 20. The zero-order valence-corrected chi connectivity index (χ0v) is 24.7. The van der Waals surface area contributed by atoms with Crippen molar-refractivity contribution in [2.24, 2.45) is 17.8 Å². The van der Waals surface area contributed by atoms with Crippen molar-refractivity contribution in [3.05, 3.63) is 49.1 Å². The predicted molar refractivity (Wildman–Crippen MR) is 153 cm³/mol. The molecule has 0 aromatic rings. The molecule has 1 N–H and O–H groups in total. The zero-order chi connectivity index (χ0) is 30.1. The van der Waals surface area contributed by atoms with Crippen LogP contribution in [0.5, 0.6) is 0 Å². The van der Waals surface area contributed by atoms with Crippen molar-refractivity contribution in [2.45, 2.75) is 84.0 Å². The molecule has 1 aliphatic heterocycles. The standard InChI is InChI=1S/C31H47NO8/c1-8-10-11-12-16-26(38-7)31(39-20-37-6)23(5)30(40-29(36)9-2)22(4)17-21(3)25(33)15-13-14-24-18-27(34)32-28(35)19-24/h8-9,12,16-17,21,23-24,26,30-31H,1-2,10-11,13-15,18-20H2,3-7H3,(H,32,34,35)/b16-12+,22-17+/t21-,23+,26-,30-,31-/m0/s1. The third-order valence-electron chi connectivity index (χ3n) is 6.98. The Hall–Kier alpha value is -2.88. The number of unbranched alkanes of at least 4 members (excludes halogenated alkanes) is 1. The lowest BCUT2D eigenvalue weighted by Gasteiger charge is -2.34. The van der Waals surface area contributed by atoms with E-state index >= 15 is 0 Å². The third kappa shape index (κ3) is 12.5. The van der Waals surface area contributed by atoms with E-state index in [1.54, 1.807) is 14.0 Å². The number of nitrogens with one attached hydrogen (secondary N) is 1. The number of imide groups is 1. The van der Waals surface area contributed by atoms with Gasteiger partial charge in [-0.15, -0.1) is 6.58 Å². The van der Waals surface area contributed by atoms with Crippen LogP contribution >= 0.6 is 0 Å². The molecule has 0 aliphatic carbocycles. The molecule has 0 aromatic carbocycles. The number of allylic oxidation sites excluding steroid dienone is 3. The van der Waals surface area contributed by atoms with Gasteiger partial charge in [0.25, 0.3) is 0 Å². The van der Waals surface area contributed by atoms with Crippen LogP contribution in [0, 0.1) is 17.8 Å². The second kappa shape index (κ2) is 19.2. The van der Waals surface area contributed by atoms with E-state index in [1.165, 1.54) is 7.11 Å². The van der Waals surface area contributed by atoms with Crippen molar-refractivity contribution < 1.29 is 38.1 Å². The van der Waals surface area contributed by atoms with Crippen LogP contribution in [0.4, 0.5) is 0 Å². The van der Waals surface area contributed by atoms with Gasteiger partial charge in [-0.3, -0.25) is 19.7 Å². The monoisotopic (exact) mass is 561 g/mol. The van der Waals surface area contributed by atoms with Crippen LogP contribution in [0.3, 0.4) is 0 Å². The van der Waals surface area contributed by atoms with E-state index in [9.17, 15) is 19.2 Å². The molecule has 1 saturated heterocycles. The maximum absolute atomic E-state index is 12.9. The van der Waals surface area contributed by atoms with E-state index < -0.39 is 30.2 Å². The van der Waals surface area contributed by atoms with Gasteiger partial charge < -0.3 is 18.9 Å². The first-order chi connectivity index (χ1) is 19.1. The van der Waals surface area contributed by atoms with Crippen molar-refractivity contribution in [1.29, 1.82) is 0 Å². The summed E-state index contributed by atoms with van der Waals surface area (Å²) in [4.78, 5) is 48.4. The van der Waals surface area contributed by atoms with Crippen molar-refractivity contribution in [3.8, 4) is 0 Å². The van der Waals surface area contributed by atoms with Crippen molar-refractivity contribution in [2.75, 3.05) is 21.0 Å². The number of esters is 1. The SMILES string of the molecule is C=CCC/C=C/[C@H](OC)[C@@H](OCOC)[C@H](C)[C@@H](OC(=O)C=C)/C(C)=C/[C@H](C)C(=O)CCCC1CC(=O)NC(=O)C1. The van der Waals surface area contributed by atoms with Crippen LogP contribution < -0.4 is 5.32 Å². The van der Waals surface area contributed by atoms with Gasteiger partial charge in [-0.25, -0.2) is 4.79 Å². The Morgan fingerprint density at radius 3 is 2.35 bits per heavy atom. The molecule has 5 atom stereocenters.